The number of hydrogen-bond donors (Lipinski definition) is 0. The van der Waals surface area contributed by atoms with E-state index in [4.69, 9.17) is 21.1 Å². The summed E-state index contributed by atoms with van der Waals surface area (Å²) < 4.78 is 11.1. The van der Waals surface area contributed by atoms with Gasteiger partial charge in [0.25, 0.3) is 0 Å². The Kier molecular flexibility index (Phi) is 7.36. The van der Waals surface area contributed by atoms with Crippen LogP contribution in [-0.2, 0) is 4.79 Å². The lowest BCUT2D eigenvalue weighted by molar-refractivity contribution is -0.126. The number of aromatic nitrogens is 1. The molecule has 154 valence electrons. The molecule has 1 aliphatic heterocycles. The molecule has 0 aliphatic carbocycles. The zero-order chi connectivity index (χ0) is 20.6. The van der Waals surface area contributed by atoms with Crippen molar-refractivity contribution >= 4 is 29.3 Å². The standard InChI is InChI=1S/C22H26ClN3O3/c1-3-14-29-22-19(23)15-17(16-20(22)28-2)4-5-21(27)26-12-10-25(11-13-26)18-6-8-24-9-7-18/h4-9,15-16H,3,10-14H2,1-2H3/b5-4+. The summed E-state index contributed by atoms with van der Waals surface area (Å²) in [6.07, 6.45) is 7.79. The molecule has 0 unspecified atom stereocenters. The summed E-state index contributed by atoms with van der Waals surface area (Å²) in [7, 11) is 1.57. The number of halogens is 1. The predicted octanol–water partition coefficient (Wildman–Crippen LogP) is 3.89. The van der Waals surface area contributed by atoms with Crippen molar-refractivity contribution < 1.29 is 14.3 Å². The molecule has 2 aromatic rings. The molecular weight excluding hydrogens is 390 g/mol. The third-order valence-corrected chi connectivity index (χ3v) is 5.02. The number of rotatable bonds is 7. The van der Waals surface area contributed by atoms with Gasteiger partial charge in [0.1, 0.15) is 0 Å². The van der Waals surface area contributed by atoms with Gasteiger partial charge in [0.05, 0.1) is 18.7 Å². The number of hydrogen-bond acceptors (Lipinski definition) is 5. The number of pyridine rings is 1. The molecule has 1 aliphatic rings. The van der Waals surface area contributed by atoms with Gasteiger partial charge >= 0.3 is 0 Å². The molecular formula is C22H26ClN3O3. The summed E-state index contributed by atoms with van der Waals surface area (Å²) in [6.45, 7) is 5.55. The maximum Gasteiger partial charge on any atom is 0.246 e. The van der Waals surface area contributed by atoms with Crippen molar-refractivity contribution in [3.05, 3.63) is 53.3 Å². The van der Waals surface area contributed by atoms with E-state index < -0.39 is 0 Å². The number of carbonyl (C=O) groups excluding carboxylic acids is 1. The second kappa shape index (κ2) is 10.2. The van der Waals surface area contributed by atoms with Crippen LogP contribution >= 0.6 is 11.6 Å². The molecule has 0 saturated carbocycles. The van der Waals surface area contributed by atoms with Gasteiger partial charge < -0.3 is 19.3 Å². The van der Waals surface area contributed by atoms with Crippen LogP contribution in [0.2, 0.25) is 5.02 Å². The topological polar surface area (TPSA) is 54.9 Å². The largest absolute Gasteiger partial charge is 0.493 e. The van der Waals surface area contributed by atoms with Gasteiger partial charge in [-0.2, -0.15) is 0 Å². The molecule has 3 rings (SSSR count). The number of nitrogens with zero attached hydrogens (tertiary/aromatic N) is 3. The Bertz CT molecular complexity index is 850. The summed E-state index contributed by atoms with van der Waals surface area (Å²) in [5, 5.41) is 0.468. The summed E-state index contributed by atoms with van der Waals surface area (Å²) in [6, 6.07) is 7.58. The van der Waals surface area contributed by atoms with Gasteiger partial charge in [-0.05, 0) is 42.3 Å². The molecule has 7 heteroatoms. The summed E-state index contributed by atoms with van der Waals surface area (Å²) in [5.74, 6) is 1.08. The lowest BCUT2D eigenvalue weighted by atomic mass is 10.1. The fourth-order valence-electron chi connectivity index (χ4n) is 3.19. The van der Waals surface area contributed by atoms with E-state index in [1.165, 1.54) is 0 Å². The minimum atomic E-state index is -0.0132. The highest BCUT2D eigenvalue weighted by atomic mass is 35.5. The molecule has 0 atom stereocenters. The third kappa shape index (κ3) is 5.41. The van der Waals surface area contributed by atoms with Gasteiger partial charge in [0, 0.05) is 50.3 Å². The van der Waals surface area contributed by atoms with Crippen LogP contribution in [0.4, 0.5) is 5.69 Å². The van der Waals surface area contributed by atoms with Gasteiger partial charge in [-0.3, -0.25) is 9.78 Å². The number of piperazine rings is 1. The van der Waals surface area contributed by atoms with Gasteiger partial charge in [0.2, 0.25) is 5.91 Å². The van der Waals surface area contributed by atoms with E-state index in [2.05, 4.69) is 9.88 Å². The highest BCUT2D eigenvalue weighted by molar-refractivity contribution is 6.32. The Labute approximate surface area is 176 Å². The molecule has 0 bridgehead atoms. The van der Waals surface area contributed by atoms with E-state index in [0.29, 0.717) is 36.2 Å². The smallest absolute Gasteiger partial charge is 0.246 e. The zero-order valence-corrected chi connectivity index (χ0v) is 17.6. The minimum absolute atomic E-state index is 0.0132. The van der Waals surface area contributed by atoms with E-state index in [1.54, 1.807) is 37.7 Å². The Morgan fingerprint density at radius 1 is 1.21 bits per heavy atom. The molecule has 0 spiro atoms. The lowest BCUT2D eigenvalue weighted by Gasteiger charge is -2.35. The first-order chi connectivity index (χ1) is 14.1. The molecule has 6 nitrogen and oxygen atoms in total. The third-order valence-electron chi connectivity index (χ3n) is 4.74. The number of benzene rings is 1. The van der Waals surface area contributed by atoms with Crippen molar-refractivity contribution in [3.63, 3.8) is 0 Å². The monoisotopic (exact) mass is 415 g/mol. The molecule has 0 radical (unpaired) electrons. The van der Waals surface area contributed by atoms with Gasteiger partial charge in [-0.25, -0.2) is 0 Å². The zero-order valence-electron chi connectivity index (χ0n) is 16.8. The summed E-state index contributed by atoms with van der Waals surface area (Å²) in [4.78, 5) is 20.7. The quantitative estimate of drug-likeness (QED) is 0.642. The summed E-state index contributed by atoms with van der Waals surface area (Å²) >= 11 is 6.34. The van der Waals surface area contributed by atoms with Gasteiger partial charge in [-0.15, -0.1) is 0 Å². The molecule has 1 aromatic heterocycles. The van der Waals surface area contributed by atoms with Crippen LogP contribution in [0.5, 0.6) is 11.5 Å². The van der Waals surface area contributed by atoms with Crippen molar-refractivity contribution in [2.75, 3.05) is 44.8 Å². The molecule has 1 amide bonds. The number of ether oxygens (including phenoxy) is 2. The van der Waals surface area contributed by atoms with Gasteiger partial charge in [0.15, 0.2) is 11.5 Å². The molecule has 0 N–H and O–H groups in total. The molecule has 2 heterocycles. The van der Waals surface area contributed by atoms with E-state index in [-0.39, 0.29) is 5.91 Å². The second-order valence-electron chi connectivity index (χ2n) is 6.73. The lowest BCUT2D eigenvalue weighted by Crippen LogP contribution is -2.48. The highest BCUT2D eigenvalue weighted by Crippen LogP contribution is 2.36. The van der Waals surface area contributed by atoms with Crippen LogP contribution in [0.15, 0.2) is 42.7 Å². The maximum atomic E-state index is 12.6. The van der Waals surface area contributed by atoms with Crippen molar-refractivity contribution in [2.24, 2.45) is 0 Å². The Balaban J connectivity index is 1.61. The SMILES string of the molecule is CCCOc1c(Cl)cc(/C=C/C(=O)N2CCN(c3ccncc3)CC2)cc1OC. The minimum Gasteiger partial charge on any atom is -0.493 e. The normalized spacial score (nSPS) is 14.3. The Morgan fingerprint density at radius 2 is 1.93 bits per heavy atom. The number of methoxy groups -OCH3 is 1. The van der Waals surface area contributed by atoms with Crippen molar-refractivity contribution in [2.45, 2.75) is 13.3 Å². The van der Waals surface area contributed by atoms with Crippen LogP contribution in [0, 0.1) is 0 Å². The first kappa shape index (κ1) is 21.0. The number of anilines is 1. The fourth-order valence-corrected chi connectivity index (χ4v) is 3.47. The van der Waals surface area contributed by atoms with E-state index in [9.17, 15) is 4.79 Å². The molecule has 1 aromatic carbocycles. The molecule has 1 fully saturated rings. The molecule has 1 saturated heterocycles. The van der Waals surface area contributed by atoms with E-state index >= 15 is 0 Å². The van der Waals surface area contributed by atoms with Crippen molar-refractivity contribution in [1.82, 2.24) is 9.88 Å². The maximum absolute atomic E-state index is 12.6. The van der Waals surface area contributed by atoms with Crippen LogP contribution in [0.3, 0.4) is 0 Å². The van der Waals surface area contributed by atoms with E-state index in [1.807, 2.05) is 30.0 Å². The Hall–Kier alpha value is -2.73. The second-order valence-corrected chi connectivity index (χ2v) is 7.14. The van der Waals surface area contributed by atoms with Crippen molar-refractivity contribution in [3.8, 4) is 11.5 Å². The number of carbonyl (C=O) groups is 1. The predicted molar refractivity (Wildman–Crippen MR) is 116 cm³/mol. The van der Waals surface area contributed by atoms with Crippen molar-refractivity contribution in [1.29, 1.82) is 0 Å². The van der Waals surface area contributed by atoms with Crippen LogP contribution in [-0.4, -0.2) is 55.7 Å². The molecule has 29 heavy (non-hydrogen) atoms. The average molecular weight is 416 g/mol. The van der Waals surface area contributed by atoms with E-state index in [0.717, 1.165) is 30.8 Å². The van der Waals surface area contributed by atoms with Crippen LogP contribution < -0.4 is 14.4 Å². The first-order valence-electron chi connectivity index (χ1n) is 9.74. The first-order valence-corrected chi connectivity index (χ1v) is 10.1. The number of amides is 1. The average Bonchev–Trinajstić information content (AvgIpc) is 2.77. The van der Waals surface area contributed by atoms with Gasteiger partial charge in [-0.1, -0.05) is 18.5 Å². The fraction of sp³-hybridized carbons (Fsp3) is 0.364. The Morgan fingerprint density at radius 3 is 2.59 bits per heavy atom. The van der Waals surface area contributed by atoms with Crippen LogP contribution in [0.25, 0.3) is 6.08 Å². The highest BCUT2D eigenvalue weighted by Gasteiger charge is 2.20. The van der Waals surface area contributed by atoms with Crippen LogP contribution in [0.1, 0.15) is 18.9 Å². The summed E-state index contributed by atoms with van der Waals surface area (Å²) in [5.41, 5.74) is 1.93.